The molecule has 8 nitrogen and oxygen atoms in total. The van der Waals surface area contributed by atoms with Gasteiger partial charge < -0.3 is 10.6 Å². The number of benzene rings is 1. The Bertz CT molecular complexity index is 776. The fraction of sp³-hybridized carbons (Fsp3) is 0.357. The van der Waals surface area contributed by atoms with E-state index in [1.807, 2.05) is 0 Å². The SMILES string of the molecule is Cc1ccc(NC(=O)CSc2nnc(NC3CC3)s2)c([N+](=O)[O-])c1. The summed E-state index contributed by atoms with van der Waals surface area (Å²) in [7, 11) is 0. The summed E-state index contributed by atoms with van der Waals surface area (Å²) in [5.41, 5.74) is 0.850. The lowest BCUT2D eigenvalue weighted by molar-refractivity contribution is -0.384. The van der Waals surface area contributed by atoms with Crippen LogP contribution in [0.2, 0.25) is 0 Å². The van der Waals surface area contributed by atoms with Gasteiger partial charge in [0.1, 0.15) is 5.69 Å². The van der Waals surface area contributed by atoms with Crippen molar-refractivity contribution in [3.63, 3.8) is 0 Å². The maximum Gasteiger partial charge on any atom is 0.293 e. The lowest BCUT2D eigenvalue weighted by atomic mass is 10.2. The molecule has 2 N–H and O–H groups in total. The Balaban J connectivity index is 1.55. The van der Waals surface area contributed by atoms with Gasteiger partial charge in [-0.05, 0) is 31.4 Å². The first kappa shape index (κ1) is 16.7. The molecule has 10 heteroatoms. The van der Waals surface area contributed by atoms with Gasteiger partial charge in [-0.3, -0.25) is 14.9 Å². The number of nitro groups is 1. The van der Waals surface area contributed by atoms with Crippen LogP contribution in [-0.2, 0) is 4.79 Å². The predicted octanol–water partition coefficient (Wildman–Crippen LogP) is 3.06. The molecule has 2 aromatic rings. The van der Waals surface area contributed by atoms with Gasteiger partial charge >= 0.3 is 0 Å². The molecule has 1 fully saturated rings. The fourth-order valence-corrected chi connectivity index (χ4v) is 3.57. The monoisotopic (exact) mass is 365 g/mol. The molecule has 1 saturated carbocycles. The summed E-state index contributed by atoms with van der Waals surface area (Å²) in [6.45, 7) is 1.76. The van der Waals surface area contributed by atoms with Crippen molar-refractivity contribution in [2.24, 2.45) is 0 Å². The lowest BCUT2D eigenvalue weighted by Crippen LogP contribution is -2.15. The van der Waals surface area contributed by atoms with E-state index in [0.29, 0.717) is 10.4 Å². The second-order valence-electron chi connectivity index (χ2n) is 5.41. The van der Waals surface area contributed by atoms with Gasteiger partial charge in [-0.25, -0.2) is 0 Å². The zero-order valence-electron chi connectivity index (χ0n) is 12.8. The molecule has 0 atom stereocenters. The van der Waals surface area contributed by atoms with Crippen molar-refractivity contribution < 1.29 is 9.72 Å². The highest BCUT2D eigenvalue weighted by Crippen LogP contribution is 2.30. The summed E-state index contributed by atoms with van der Waals surface area (Å²) in [5, 5.41) is 25.7. The molecule has 0 saturated heterocycles. The van der Waals surface area contributed by atoms with Crippen LogP contribution in [0.4, 0.5) is 16.5 Å². The van der Waals surface area contributed by atoms with Crippen LogP contribution in [0.25, 0.3) is 0 Å². The summed E-state index contributed by atoms with van der Waals surface area (Å²) in [5.74, 6) is -0.206. The van der Waals surface area contributed by atoms with Crippen LogP contribution >= 0.6 is 23.1 Å². The largest absolute Gasteiger partial charge is 0.357 e. The van der Waals surface area contributed by atoms with Crippen LogP contribution in [0.1, 0.15) is 18.4 Å². The number of thioether (sulfide) groups is 1. The molecule has 126 valence electrons. The minimum Gasteiger partial charge on any atom is -0.357 e. The Kier molecular flexibility index (Phi) is 4.95. The van der Waals surface area contributed by atoms with Gasteiger partial charge in [0.2, 0.25) is 11.0 Å². The van der Waals surface area contributed by atoms with Gasteiger partial charge in [-0.2, -0.15) is 0 Å². The standard InChI is InChI=1S/C14H15N5O3S2/c1-8-2-5-10(11(6-8)19(21)22)16-12(20)7-23-14-18-17-13(24-14)15-9-3-4-9/h2,5-6,9H,3-4,7H2,1H3,(H,15,17)(H,16,20). The molecule has 3 rings (SSSR count). The Morgan fingerprint density at radius 1 is 1.46 bits per heavy atom. The number of amides is 1. The van der Waals surface area contributed by atoms with Gasteiger partial charge in [0.15, 0.2) is 4.34 Å². The number of anilines is 2. The van der Waals surface area contributed by atoms with Crippen LogP contribution in [-0.4, -0.2) is 32.8 Å². The van der Waals surface area contributed by atoms with Gasteiger partial charge in [0.05, 0.1) is 10.7 Å². The Morgan fingerprint density at radius 3 is 2.96 bits per heavy atom. The maximum absolute atomic E-state index is 12.0. The Hall–Kier alpha value is -2.20. The number of nitro benzene ring substituents is 1. The number of nitrogens with one attached hydrogen (secondary N) is 2. The summed E-state index contributed by atoms with van der Waals surface area (Å²) in [4.78, 5) is 22.6. The number of aryl methyl sites for hydroxylation is 1. The molecule has 0 bridgehead atoms. The van der Waals surface area contributed by atoms with Crippen molar-refractivity contribution in [2.75, 3.05) is 16.4 Å². The van der Waals surface area contributed by atoms with E-state index in [4.69, 9.17) is 0 Å². The van der Waals surface area contributed by atoms with Crippen molar-refractivity contribution in [3.05, 3.63) is 33.9 Å². The molecular weight excluding hydrogens is 350 g/mol. The number of carbonyl (C=O) groups is 1. The number of hydrogen-bond acceptors (Lipinski definition) is 8. The number of hydrogen-bond donors (Lipinski definition) is 2. The van der Waals surface area contributed by atoms with Crippen molar-refractivity contribution in [3.8, 4) is 0 Å². The number of nitrogens with zero attached hydrogens (tertiary/aromatic N) is 3. The van der Waals surface area contributed by atoms with Gasteiger partial charge in [-0.15, -0.1) is 10.2 Å². The minimum absolute atomic E-state index is 0.111. The number of aromatic nitrogens is 2. The zero-order chi connectivity index (χ0) is 17.1. The molecule has 1 aliphatic carbocycles. The van der Waals surface area contributed by atoms with E-state index in [9.17, 15) is 14.9 Å². The topological polar surface area (TPSA) is 110 Å². The molecule has 0 unspecified atom stereocenters. The average Bonchev–Trinajstić information content (AvgIpc) is 3.23. The van der Waals surface area contributed by atoms with Crippen molar-refractivity contribution in [1.82, 2.24) is 10.2 Å². The Morgan fingerprint density at radius 2 is 2.25 bits per heavy atom. The molecule has 1 amide bonds. The molecule has 1 aromatic carbocycles. The highest BCUT2D eigenvalue weighted by atomic mass is 32.2. The van der Waals surface area contributed by atoms with Gasteiger partial charge in [0.25, 0.3) is 5.69 Å². The predicted molar refractivity (Wildman–Crippen MR) is 93.7 cm³/mol. The first-order valence-corrected chi connectivity index (χ1v) is 9.09. The summed E-state index contributed by atoms with van der Waals surface area (Å²) < 4.78 is 0.687. The van der Waals surface area contributed by atoms with Crippen molar-refractivity contribution in [2.45, 2.75) is 30.1 Å². The molecule has 1 heterocycles. The Labute approximate surface area is 146 Å². The van der Waals surface area contributed by atoms with Crippen LogP contribution in [0.3, 0.4) is 0 Å². The zero-order valence-corrected chi connectivity index (χ0v) is 14.4. The second-order valence-corrected chi connectivity index (χ2v) is 7.61. The average molecular weight is 365 g/mol. The number of rotatable bonds is 7. The van der Waals surface area contributed by atoms with E-state index in [1.165, 1.54) is 29.2 Å². The number of carbonyl (C=O) groups excluding carboxylic acids is 1. The van der Waals surface area contributed by atoms with Crippen molar-refractivity contribution in [1.29, 1.82) is 0 Å². The van der Waals surface area contributed by atoms with E-state index in [1.54, 1.807) is 19.1 Å². The fourth-order valence-electron chi connectivity index (χ4n) is 1.94. The molecule has 0 radical (unpaired) electrons. The molecular formula is C14H15N5O3S2. The lowest BCUT2D eigenvalue weighted by Gasteiger charge is -2.05. The summed E-state index contributed by atoms with van der Waals surface area (Å²) >= 11 is 2.66. The second kappa shape index (κ2) is 7.14. The normalized spacial score (nSPS) is 13.5. The van der Waals surface area contributed by atoms with Crippen LogP contribution < -0.4 is 10.6 Å². The van der Waals surface area contributed by atoms with Gasteiger partial charge in [-0.1, -0.05) is 29.2 Å². The van der Waals surface area contributed by atoms with E-state index in [2.05, 4.69) is 20.8 Å². The molecule has 24 heavy (non-hydrogen) atoms. The summed E-state index contributed by atoms with van der Waals surface area (Å²) in [6.07, 6.45) is 2.31. The van der Waals surface area contributed by atoms with Crippen molar-refractivity contribution >= 4 is 45.5 Å². The molecule has 1 aliphatic rings. The first-order valence-electron chi connectivity index (χ1n) is 7.29. The van der Waals surface area contributed by atoms with E-state index in [-0.39, 0.29) is 23.0 Å². The minimum atomic E-state index is -0.504. The van der Waals surface area contributed by atoms with Gasteiger partial charge in [0, 0.05) is 12.1 Å². The van der Waals surface area contributed by atoms with Crippen LogP contribution in [0.5, 0.6) is 0 Å². The third-order valence-electron chi connectivity index (χ3n) is 3.26. The molecule has 0 aliphatic heterocycles. The molecule has 1 aromatic heterocycles. The summed E-state index contributed by atoms with van der Waals surface area (Å²) in [6, 6.07) is 5.19. The van der Waals surface area contributed by atoms with E-state index < -0.39 is 4.92 Å². The third kappa shape index (κ3) is 4.42. The first-order chi connectivity index (χ1) is 11.5. The smallest absolute Gasteiger partial charge is 0.293 e. The van der Waals surface area contributed by atoms with E-state index >= 15 is 0 Å². The van der Waals surface area contributed by atoms with Crippen LogP contribution in [0.15, 0.2) is 22.5 Å². The highest BCUT2D eigenvalue weighted by molar-refractivity contribution is 8.01. The third-order valence-corrected chi connectivity index (χ3v) is 5.25. The van der Waals surface area contributed by atoms with E-state index in [0.717, 1.165) is 23.5 Å². The molecule has 0 spiro atoms. The van der Waals surface area contributed by atoms with Crippen LogP contribution in [0, 0.1) is 17.0 Å². The maximum atomic E-state index is 12.0. The highest BCUT2D eigenvalue weighted by Gasteiger charge is 2.22. The quantitative estimate of drug-likeness (QED) is 0.441.